The van der Waals surface area contributed by atoms with Crippen LogP contribution in [0.4, 0.5) is 5.82 Å². The van der Waals surface area contributed by atoms with Gasteiger partial charge in [0.1, 0.15) is 5.82 Å². The number of para-hydroxylation sites is 1. The normalized spacial score (nSPS) is 21.0. The van der Waals surface area contributed by atoms with Crippen LogP contribution in [0.3, 0.4) is 0 Å². The molecule has 1 aromatic heterocycles. The van der Waals surface area contributed by atoms with Crippen LogP contribution >= 0.6 is 0 Å². The largest absolute Gasteiger partial charge is 0.379 e. The standard InChI is InChI=1S/C22H32N6O/c1-23-22(28-9-8-18(16-28)27-10-12-29-13-11-27)24-15-17-14-21(26(2)3)25-20-7-5-4-6-19(17)20/h4-7,14,18H,8-13,15-16H2,1-3H3,(H,23,24). The Balaban J connectivity index is 1.45. The number of guanidine groups is 1. The molecule has 2 saturated heterocycles. The zero-order valence-electron chi connectivity index (χ0n) is 17.8. The van der Waals surface area contributed by atoms with Gasteiger partial charge in [0.2, 0.25) is 0 Å². The highest BCUT2D eigenvalue weighted by atomic mass is 16.5. The van der Waals surface area contributed by atoms with Crippen LogP contribution in [-0.4, -0.2) is 87.3 Å². The van der Waals surface area contributed by atoms with Gasteiger partial charge in [0, 0.05) is 65.3 Å². The third-order valence-corrected chi connectivity index (χ3v) is 5.92. The summed E-state index contributed by atoms with van der Waals surface area (Å²) in [4.78, 5) is 16.3. The minimum atomic E-state index is 0.597. The third kappa shape index (κ3) is 4.46. The summed E-state index contributed by atoms with van der Waals surface area (Å²) in [6.45, 7) is 6.60. The number of morpholine rings is 1. The third-order valence-electron chi connectivity index (χ3n) is 5.92. The fourth-order valence-corrected chi connectivity index (χ4v) is 4.29. The second-order valence-electron chi connectivity index (χ2n) is 7.99. The Hall–Kier alpha value is -2.38. The highest BCUT2D eigenvalue weighted by Crippen LogP contribution is 2.22. The van der Waals surface area contributed by atoms with E-state index < -0.39 is 0 Å². The van der Waals surface area contributed by atoms with E-state index in [2.05, 4.69) is 49.3 Å². The molecular weight excluding hydrogens is 364 g/mol. The van der Waals surface area contributed by atoms with Crippen LogP contribution in [0.2, 0.25) is 0 Å². The van der Waals surface area contributed by atoms with Crippen LogP contribution in [0, 0.1) is 0 Å². The maximum absolute atomic E-state index is 5.50. The van der Waals surface area contributed by atoms with E-state index in [9.17, 15) is 0 Å². The number of fused-ring (bicyclic) bond motifs is 1. The summed E-state index contributed by atoms with van der Waals surface area (Å²) in [6, 6.07) is 11.1. The van der Waals surface area contributed by atoms with Crippen molar-refractivity contribution in [3.8, 4) is 0 Å². The number of anilines is 1. The lowest BCUT2D eigenvalue weighted by molar-refractivity contribution is 0.0195. The highest BCUT2D eigenvalue weighted by molar-refractivity contribution is 5.85. The van der Waals surface area contributed by atoms with Crippen LogP contribution < -0.4 is 10.2 Å². The molecule has 0 bridgehead atoms. The molecule has 2 aromatic rings. The quantitative estimate of drug-likeness (QED) is 0.628. The number of rotatable bonds is 4. The number of hydrogen-bond donors (Lipinski definition) is 1. The minimum Gasteiger partial charge on any atom is -0.379 e. The van der Waals surface area contributed by atoms with Crippen molar-refractivity contribution in [3.63, 3.8) is 0 Å². The van der Waals surface area contributed by atoms with E-state index >= 15 is 0 Å². The van der Waals surface area contributed by atoms with Crippen LogP contribution in [0.1, 0.15) is 12.0 Å². The number of aromatic nitrogens is 1. The number of aliphatic imine (C=N–C) groups is 1. The lowest BCUT2D eigenvalue weighted by Gasteiger charge is -2.32. The Morgan fingerprint density at radius 3 is 2.79 bits per heavy atom. The molecule has 0 amide bonds. The first-order valence-electron chi connectivity index (χ1n) is 10.5. The smallest absolute Gasteiger partial charge is 0.193 e. The Labute approximate surface area is 173 Å². The van der Waals surface area contributed by atoms with Gasteiger partial charge in [-0.1, -0.05) is 18.2 Å². The number of likely N-dealkylation sites (tertiary alicyclic amines) is 1. The molecule has 0 aliphatic carbocycles. The van der Waals surface area contributed by atoms with Gasteiger partial charge in [-0.3, -0.25) is 9.89 Å². The summed E-state index contributed by atoms with van der Waals surface area (Å²) in [7, 11) is 5.94. The number of pyridine rings is 1. The van der Waals surface area contributed by atoms with E-state index in [0.29, 0.717) is 6.04 Å². The molecule has 1 unspecified atom stereocenters. The average molecular weight is 397 g/mol. The fourth-order valence-electron chi connectivity index (χ4n) is 4.29. The van der Waals surface area contributed by atoms with Crippen molar-refractivity contribution in [2.24, 2.45) is 4.99 Å². The topological polar surface area (TPSA) is 56.2 Å². The van der Waals surface area contributed by atoms with Gasteiger partial charge in [0.25, 0.3) is 0 Å². The Kier molecular flexibility index (Phi) is 6.16. The van der Waals surface area contributed by atoms with E-state index in [0.717, 1.165) is 63.2 Å². The SMILES string of the molecule is CN=C(NCc1cc(N(C)C)nc2ccccc12)N1CCC(N2CCOCC2)C1. The molecule has 2 fully saturated rings. The molecule has 2 aliphatic heterocycles. The first kappa shape index (κ1) is 19.9. The first-order chi connectivity index (χ1) is 14.2. The summed E-state index contributed by atoms with van der Waals surface area (Å²) >= 11 is 0. The molecule has 0 spiro atoms. The van der Waals surface area contributed by atoms with Crippen LogP contribution in [0.5, 0.6) is 0 Å². The molecule has 3 heterocycles. The van der Waals surface area contributed by atoms with Crippen molar-refractivity contribution >= 4 is 22.7 Å². The molecule has 156 valence electrons. The van der Waals surface area contributed by atoms with Crippen molar-refractivity contribution in [1.29, 1.82) is 0 Å². The van der Waals surface area contributed by atoms with E-state index in [1.807, 2.05) is 27.2 Å². The van der Waals surface area contributed by atoms with Crippen molar-refractivity contribution < 1.29 is 4.74 Å². The molecule has 1 N–H and O–H groups in total. The molecule has 29 heavy (non-hydrogen) atoms. The van der Waals surface area contributed by atoms with E-state index in [1.165, 1.54) is 17.4 Å². The Bertz CT molecular complexity index is 862. The van der Waals surface area contributed by atoms with E-state index in [-0.39, 0.29) is 0 Å². The maximum atomic E-state index is 5.50. The zero-order chi connectivity index (χ0) is 20.2. The summed E-state index contributed by atoms with van der Waals surface area (Å²) in [5, 5.41) is 4.78. The summed E-state index contributed by atoms with van der Waals surface area (Å²) in [5.74, 6) is 1.96. The molecule has 2 aliphatic rings. The van der Waals surface area contributed by atoms with Crippen molar-refractivity contribution in [2.45, 2.75) is 19.0 Å². The van der Waals surface area contributed by atoms with Gasteiger partial charge >= 0.3 is 0 Å². The van der Waals surface area contributed by atoms with Crippen molar-refractivity contribution in [1.82, 2.24) is 20.1 Å². The van der Waals surface area contributed by atoms with Crippen LogP contribution in [0.25, 0.3) is 10.9 Å². The molecule has 0 saturated carbocycles. The highest BCUT2D eigenvalue weighted by Gasteiger charge is 2.30. The second kappa shape index (κ2) is 8.97. The monoisotopic (exact) mass is 396 g/mol. The minimum absolute atomic E-state index is 0.597. The Morgan fingerprint density at radius 1 is 1.24 bits per heavy atom. The fraction of sp³-hybridized carbons (Fsp3) is 0.545. The van der Waals surface area contributed by atoms with Gasteiger partial charge in [-0.15, -0.1) is 0 Å². The van der Waals surface area contributed by atoms with Crippen LogP contribution in [0.15, 0.2) is 35.3 Å². The zero-order valence-corrected chi connectivity index (χ0v) is 17.8. The molecule has 7 heteroatoms. The predicted octanol–water partition coefficient (Wildman–Crippen LogP) is 1.78. The average Bonchev–Trinajstić information content (AvgIpc) is 3.24. The van der Waals surface area contributed by atoms with Gasteiger partial charge < -0.3 is 19.9 Å². The lowest BCUT2D eigenvalue weighted by atomic mass is 10.1. The van der Waals surface area contributed by atoms with Gasteiger partial charge in [-0.25, -0.2) is 4.98 Å². The Morgan fingerprint density at radius 2 is 2.03 bits per heavy atom. The van der Waals surface area contributed by atoms with E-state index in [4.69, 9.17) is 9.72 Å². The first-order valence-corrected chi connectivity index (χ1v) is 10.5. The summed E-state index contributed by atoms with van der Waals surface area (Å²) < 4.78 is 5.50. The summed E-state index contributed by atoms with van der Waals surface area (Å²) in [6.07, 6.45) is 1.18. The number of nitrogens with one attached hydrogen (secondary N) is 1. The number of hydrogen-bond acceptors (Lipinski definition) is 5. The number of ether oxygens (including phenoxy) is 1. The second-order valence-corrected chi connectivity index (χ2v) is 7.99. The lowest BCUT2D eigenvalue weighted by Crippen LogP contribution is -2.46. The maximum Gasteiger partial charge on any atom is 0.193 e. The van der Waals surface area contributed by atoms with Gasteiger partial charge in [0.05, 0.1) is 18.7 Å². The number of nitrogens with zero attached hydrogens (tertiary/aromatic N) is 5. The van der Waals surface area contributed by atoms with Crippen LogP contribution in [-0.2, 0) is 11.3 Å². The van der Waals surface area contributed by atoms with Gasteiger partial charge in [-0.2, -0.15) is 0 Å². The predicted molar refractivity (Wildman–Crippen MR) is 119 cm³/mol. The molecule has 0 radical (unpaired) electrons. The van der Waals surface area contributed by atoms with Gasteiger partial charge in [-0.05, 0) is 24.1 Å². The van der Waals surface area contributed by atoms with Crippen molar-refractivity contribution in [3.05, 3.63) is 35.9 Å². The molecule has 7 nitrogen and oxygen atoms in total. The molecule has 1 atom stereocenters. The number of benzene rings is 1. The van der Waals surface area contributed by atoms with Crippen molar-refractivity contribution in [2.75, 3.05) is 65.4 Å². The van der Waals surface area contributed by atoms with Gasteiger partial charge in [0.15, 0.2) is 5.96 Å². The van der Waals surface area contributed by atoms with E-state index in [1.54, 1.807) is 0 Å². The molecule has 1 aromatic carbocycles. The molecular formula is C22H32N6O. The summed E-state index contributed by atoms with van der Waals surface area (Å²) in [5.41, 5.74) is 2.27. The molecule has 4 rings (SSSR count).